The third-order valence-corrected chi connectivity index (χ3v) is 3.99. The van der Waals surface area contributed by atoms with E-state index in [9.17, 15) is 4.79 Å². The van der Waals surface area contributed by atoms with Crippen LogP contribution in [0.1, 0.15) is 43.1 Å². The van der Waals surface area contributed by atoms with Crippen molar-refractivity contribution in [2.75, 3.05) is 13.7 Å². The first-order valence-electron chi connectivity index (χ1n) is 6.00. The second-order valence-corrected chi connectivity index (χ2v) is 5.23. The van der Waals surface area contributed by atoms with E-state index in [1.807, 2.05) is 0 Å². The fourth-order valence-electron chi connectivity index (χ4n) is 2.31. The van der Waals surface area contributed by atoms with E-state index in [0.717, 1.165) is 24.4 Å². The summed E-state index contributed by atoms with van der Waals surface area (Å²) in [6.45, 7) is 0.578. The van der Waals surface area contributed by atoms with Gasteiger partial charge in [0.15, 0.2) is 0 Å². The lowest BCUT2D eigenvalue weighted by molar-refractivity contribution is 0.200. The Hall–Kier alpha value is -0.680. The van der Waals surface area contributed by atoms with Gasteiger partial charge in [-0.2, -0.15) is 0 Å². The SMILES string of the molecule is COCCc1nc(C2CCCC2)c(Br)c(=O)[nH]1. The third-order valence-electron chi connectivity index (χ3n) is 3.22. The van der Waals surface area contributed by atoms with E-state index in [0.29, 0.717) is 23.4 Å². The molecule has 1 aromatic rings. The smallest absolute Gasteiger partial charge is 0.265 e. The number of rotatable bonds is 4. The average molecular weight is 301 g/mol. The maximum Gasteiger partial charge on any atom is 0.265 e. The highest BCUT2D eigenvalue weighted by Gasteiger charge is 2.22. The summed E-state index contributed by atoms with van der Waals surface area (Å²) in [5.41, 5.74) is 0.852. The van der Waals surface area contributed by atoms with Crippen LogP contribution in [0.5, 0.6) is 0 Å². The lowest BCUT2D eigenvalue weighted by atomic mass is 10.0. The molecule has 0 spiro atoms. The molecule has 1 N–H and O–H groups in total. The van der Waals surface area contributed by atoms with Crippen molar-refractivity contribution in [1.82, 2.24) is 9.97 Å². The molecule has 1 saturated carbocycles. The maximum absolute atomic E-state index is 11.8. The van der Waals surface area contributed by atoms with Crippen molar-refractivity contribution in [3.8, 4) is 0 Å². The molecule has 1 fully saturated rings. The number of methoxy groups -OCH3 is 1. The zero-order valence-electron chi connectivity index (χ0n) is 9.96. The molecule has 0 unspecified atom stereocenters. The molecule has 1 aromatic heterocycles. The van der Waals surface area contributed by atoms with E-state index in [4.69, 9.17) is 4.74 Å². The molecule has 2 rings (SSSR count). The standard InChI is InChI=1S/C12H17BrN2O2/c1-17-7-6-9-14-11(8-4-2-3-5-8)10(13)12(16)15-9/h8H,2-7H2,1H3,(H,14,15,16). The molecule has 1 aliphatic carbocycles. The number of nitrogens with one attached hydrogen (secondary N) is 1. The van der Waals surface area contributed by atoms with Crippen LogP contribution in [-0.2, 0) is 11.2 Å². The lowest BCUT2D eigenvalue weighted by Gasteiger charge is -2.11. The zero-order valence-corrected chi connectivity index (χ0v) is 11.5. The topological polar surface area (TPSA) is 55.0 Å². The number of aromatic nitrogens is 2. The van der Waals surface area contributed by atoms with Crippen LogP contribution in [-0.4, -0.2) is 23.7 Å². The minimum Gasteiger partial charge on any atom is -0.384 e. The normalized spacial score (nSPS) is 16.6. The van der Waals surface area contributed by atoms with Crippen molar-refractivity contribution >= 4 is 15.9 Å². The Labute approximate surface area is 109 Å². The second-order valence-electron chi connectivity index (χ2n) is 4.44. The fourth-order valence-corrected chi connectivity index (χ4v) is 2.82. The van der Waals surface area contributed by atoms with Crippen molar-refractivity contribution < 1.29 is 4.74 Å². The van der Waals surface area contributed by atoms with Gasteiger partial charge in [-0.15, -0.1) is 0 Å². The van der Waals surface area contributed by atoms with Crippen LogP contribution in [0.15, 0.2) is 9.27 Å². The number of H-pyrrole nitrogens is 1. The van der Waals surface area contributed by atoms with Crippen LogP contribution >= 0.6 is 15.9 Å². The molecule has 0 amide bonds. The van der Waals surface area contributed by atoms with Crippen LogP contribution in [0.2, 0.25) is 0 Å². The molecule has 94 valence electrons. The van der Waals surface area contributed by atoms with Crippen LogP contribution in [0, 0.1) is 0 Å². The first-order valence-corrected chi connectivity index (χ1v) is 6.79. The van der Waals surface area contributed by atoms with Crippen molar-refractivity contribution in [2.45, 2.75) is 38.0 Å². The highest BCUT2D eigenvalue weighted by Crippen LogP contribution is 2.35. The predicted octanol–water partition coefficient (Wildman–Crippen LogP) is 2.38. The van der Waals surface area contributed by atoms with Crippen LogP contribution < -0.4 is 5.56 Å². The van der Waals surface area contributed by atoms with E-state index in [1.54, 1.807) is 7.11 Å². The largest absolute Gasteiger partial charge is 0.384 e. The Balaban J connectivity index is 2.29. The summed E-state index contributed by atoms with van der Waals surface area (Å²) in [4.78, 5) is 19.1. The predicted molar refractivity (Wildman–Crippen MR) is 69.3 cm³/mol. The Morgan fingerprint density at radius 1 is 1.47 bits per heavy atom. The van der Waals surface area contributed by atoms with E-state index in [-0.39, 0.29) is 5.56 Å². The zero-order chi connectivity index (χ0) is 12.3. The first kappa shape index (κ1) is 12.8. The van der Waals surface area contributed by atoms with Crippen LogP contribution in [0.25, 0.3) is 0 Å². The minimum atomic E-state index is -0.0759. The van der Waals surface area contributed by atoms with E-state index < -0.39 is 0 Å². The maximum atomic E-state index is 11.8. The van der Waals surface area contributed by atoms with Gasteiger partial charge in [-0.3, -0.25) is 4.79 Å². The number of aromatic amines is 1. The summed E-state index contributed by atoms with van der Waals surface area (Å²) in [7, 11) is 1.65. The second kappa shape index (κ2) is 5.78. The van der Waals surface area contributed by atoms with Gasteiger partial charge in [-0.1, -0.05) is 12.8 Å². The van der Waals surface area contributed by atoms with Gasteiger partial charge in [0.1, 0.15) is 10.3 Å². The van der Waals surface area contributed by atoms with Gasteiger partial charge in [0.05, 0.1) is 12.3 Å². The van der Waals surface area contributed by atoms with Crippen LogP contribution in [0.3, 0.4) is 0 Å². The van der Waals surface area contributed by atoms with Gasteiger partial charge in [0.2, 0.25) is 0 Å². The molecule has 5 heteroatoms. The number of ether oxygens (including phenoxy) is 1. The van der Waals surface area contributed by atoms with Crippen molar-refractivity contribution in [3.63, 3.8) is 0 Å². The highest BCUT2D eigenvalue weighted by molar-refractivity contribution is 9.10. The van der Waals surface area contributed by atoms with Crippen LogP contribution in [0.4, 0.5) is 0 Å². The molecule has 1 heterocycles. The third kappa shape index (κ3) is 2.96. The summed E-state index contributed by atoms with van der Waals surface area (Å²) in [6, 6.07) is 0. The molecule has 0 aromatic carbocycles. The Bertz CT molecular complexity index is 439. The van der Waals surface area contributed by atoms with Gasteiger partial charge < -0.3 is 9.72 Å². The number of hydrogen-bond acceptors (Lipinski definition) is 3. The van der Waals surface area contributed by atoms with E-state index in [2.05, 4.69) is 25.9 Å². The molecule has 0 saturated heterocycles. The molecule has 0 atom stereocenters. The first-order chi connectivity index (χ1) is 8.22. The number of halogens is 1. The molecule has 1 aliphatic rings. The highest BCUT2D eigenvalue weighted by atomic mass is 79.9. The molecular formula is C12H17BrN2O2. The molecular weight excluding hydrogens is 284 g/mol. The Morgan fingerprint density at radius 2 is 2.18 bits per heavy atom. The quantitative estimate of drug-likeness (QED) is 0.929. The summed E-state index contributed by atoms with van der Waals surface area (Å²) < 4.78 is 5.61. The molecule has 17 heavy (non-hydrogen) atoms. The van der Waals surface area contributed by atoms with Gasteiger partial charge in [-0.25, -0.2) is 4.98 Å². The van der Waals surface area contributed by atoms with Gasteiger partial charge in [0, 0.05) is 19.4 Å². The number of nitrogens with zero attached hydrogens (tertiary/aromatic N) is 1. The Kier molecular flexibility index (Phi) is 4.34. The van der Waals surface area contributed by atoms with Crippen molar-refractivity contribution in [3.05, 3.63) is 26.3 Å². The summed E-state index contributed by atoms with van der Waals surface area (Å²) >= 11 is 3.36. The molecule has 4 nitrogen and oxygen atoms in total. The summed E-state index contributed by atoms with van der Waals surface area (Å²) in [5.74, 6) is 1.16. The minimum absolute atomic E-state index is 0.0759. The Morgan fingerprint density at radius 3 is 2.82 bits per heavy atom. The fraction of sp³-hybridized carbons (Fsp3) is 0.667. The van der Waals surface area contributed by atoms with E-state index in [1.165, 1.54) is 12.8 Å². The molecule has 0 radical (unpaired) electrons. The average Bonchev–Trinajstić information content (AvgIpc) is 2.84. The van der Waals surface area contributed by atoms with Gasteiger partial charge in [0.25, 0.3) is 5.56 Å². The van der Waals surface area contributed by atoms with Crippen molar-refractivity contribution in [2.24, 2.45) is 0 Å². The summed E-state index contributed by atoms with van der Waals surface area (Å²) in [5, 5.41) is 0. The number of hydrogen-bond donors (Lipinski definition) is 1. The van der Waals surface area contributed by atoms with Gasteiger partial charge in [-0.05, 0) is 28.8 Å². The van der Waals surface area contributed by atoms with E-state index >= 15 is 0 Å². The van der Waals surface area contributed by atoms with Crippen molar-refractivity contribution in [1.29, 1.82) is 0 Å². The monoisotopic (exact) mass is 300 g/mol. The van der Waals surface area contributed by atoms with Gasteiger partial charge >= 0.3 is 0 Å². The summed E-state index contributed by atoms with van der Waals surface area (Å²) in [6.07, 6.45) is 5.40. The molecule has 0 aliphatic heterocycles. The molecule has 0 bridgehead atoms. The lowest BCUT2D eigenvalue weighted by Crippen LogP contribution is -2.18.